The van der Waals surface area contributed by atoms with Gasteiger partial charge in [-0.1, -0.05) is 0 Å². The smallest absolute Gasteiger partial charge is 0.264 e. The molecule has 0 bridgehead atoms. The number of carbonyl (C=O) groups excluding carboxylic acids is 1. The molecule has 1 amide bonds. The summed E-state index contributed by atoms with van der Waals surface area (Å²) in [5.74, 6) is 2.04. The number of hydrogen-bond acceptors (Lipinski definition) is 6. The van der Waals surface area contributed by atoms with Gasteiger partial charge >= 0.3 is 0 Å². The summed E-state index contributed by atoms with van der Waals surface area (Å²) in [6.07, 6.45) is 2.35. The molecule has 3 rings (SSSR count). The van der Waals surface area contributed by atoms with E-state index in [1.165, 1.54) is 24.3 Å². The van der Waals surface area contributed by atoms with Gasteiger partial charge in [-0.3, -0.25) is 9.10 Å². The molecular weight excluding hydrogens is 479 g/mol. The molecule has 0 unspecified atom stereocenters. The Balaban J connectivity index is 1.63. The lowest BCUT2D eigenvalue weighted by molar-refractivity contribution is -0.119. The van der Waals surface area contributed by atoms with Crippen LogP contribution >= 0.6 is 11.8 Å². The Kier molecular flexibility index (Phi) is 9.41. The van der Waals surface area contributed by atoms with E-state index in [9.17, 15) is 17.6 Å². The molecule has 0 aliphatic heterocycles. The molecular formula is C24H27FN2O5S2. The minimum atomic E-state index is -4.08. The minimum Gasteiger partial charge on any atom is -0.494 e. The number of carbonyl (C=O) groups is 1. The van der Waals surface area contributed by atoms with E-state index in [4.69, 9.17) is 9.15 Å². The third-order valence-electron chi connectivity index (χ3n) is 4.74. The molecule has 0 saturated heterocycles. The summed E-state index contributed by atoms with van der Waals surface area (Å²) in [5.41, 5.74) is 0.194. The molecule has 0 aliphatic carbocycles. The Morgan fingerprint density at radius 3 is 2.50 bits per heavy atom. The highest BCUT2D eigenvalue weighted by Gasteiger charge is 2.27. The van der Waals surface area contributed by atoms with Crippen molar-refractivity contribution in [3.63, 3.8) is 0 Å². The number of halogens is 1. The lowest BCUT2D eigenvalue weighted by atomic mass is 10.3. The summed E-state index contributed by atoms with van der Waals surface area (Å²) in [6, 6.07) is 14.7. The van der Waals surface area contributed by atoms with Crippen LogP contribution in [0.2, 0.25) is 0 Å². The van der Waals surface area contributed by atoms with Gasteiger partial charge in [0.15, 0.2) is 0 Å². The zero-order valence-electron chi connectivity index (χ0n) is 18.8. The molecule has 0 spiro atoms. The Morgan fingerprint density at radius 1 is 1.12 bits per heavy atom. The van der Waals surface area contributed by atoms with Crippen molar-refractivity contribution in [2.24, 2.45) is 0 Å². The first kappa shape index (κ1) is 25.6. The SMILES string of the molecule is CCOc1ccc(S(=O)(=O)N(CC(=O)NCCCSCc2ccco2)c2ccc(F)cc2)cc1. The van der Waals surface area contributed by atoms with E-state index in [1.54, 1.807) is 30.2 Å². The van der Waals surface area contributed by atoms with Crippen LogP contribution in [0.3, 0.4) is 0 Å². The van der Waals surface area contributed by atoms with Gasteiger partial charge in [0.05, 0.1) is 29.2 Å². The fraction of sp³-hybridized carbons (Fsp3) is 0.292. The van der Waals surface area contributed by atoms with Crippen LogP contribution in [0.4, 0.5) is 10.1 Å². The molecule has 0 radical (unpaired) electrons. The van der Waals surface area contributed by atoms with Gasteiger partial charge in [0.25, 0.3) is 10.0 Å². The highest BCUT2D eigenvalue weighted by atomic mass is 32.2. The van der Waals surface area contributed by atoms with Crippen LogP contribution in [-0.4, -0.2) is 39.8 Å². The van der Waals surface area contributed by atoms with Crippen LogP contribution in [0.25, 0.3) is 0 Å². The van der Waals surface area contributed by atoms with Crippen LogP contribution < -0.4 is 14.4 Å². The summed E-state index contributed by atoms with van der Waals surface area (Å²) in [5, 5.41) is 2.76. The third kappa shape index (κ3) is 7.26. The molecule has 34 heavy (non-hydrogen) atoms. The molecule has 0 fully saturated rings. The summed E-state index contributed by atoms with van der Waals surface area (Å²) in [6.45, 7) is 2.26. The highest BCUT2D eigenvalue weighted by molar-refractivity contribution is 7.98. The van der Waals surface area contributed by atoms with Gasteiger partial charge in [-0.05, 0) is 79.8 Å². The van der Waals surface area contributed by atoms with Crippen molar-refractivity contribution in [3.05, 3.63) is 78.5 Å². The van der Waals surface area contributed by atoms with E-state index in [2.05, 4.69) is 5.32 Å². The Morgan fingerprint density at radius 2 is 1.85 bits per heavy atom. The predicted molar refractivity (Wildman–Crippen MR) is 131 cm³/mol. The van der Waals surface area contributed by atoms with Gasteiger partial charge in [0.2, 0.25) is 5.91 Å². The number of nitrogens with zero attached hydrogens (tertiary/aromatic N) is 1. The highest BCUT2D eigenvalue weighted by Crippen LogP contribution is 2.25. The first-order valence-electron chi connectivity index (χ1n) is 10.8. The van der Waals surface area contributed by atoms with E-state index in [0.717, 1.165) is 40.1 Å². The number of nitrogens with one attached hydrogen (secondary N) is 1. The number of ether oxygens (including phenoxy) is 1. The number of hydrogen-bond donors (Lipinski definition) is 1. The van der Waals surface area contributed by atoms with Gasteiger partial charge in [-0.25, -0.2) is 12.8 Å². The molecule has 10 heteroatoms. The van der Waals surface area contributed by atoms with E-state index < -0.39 is 28.3 Å². The fourth-order valence-electron chi connectivity index (χ4n) is 3.08. The molecule has 1 aromatic heterocycles. The molecule has 7 nitrogen and oxygen atoms in total. The lowest BCUT2D eigenvalue weighted by Crippen LogP contribution is -2.41. The second-order valence-corrected chi connectivity index (χ2v) is 10.2. The van der Waals surface area contributed by atoms with Crippen LogP contribution in [0.1, 0.15) is 19.1 Å². The third-order valence-corrected chi connectivity index (χ3v) is 7.59. The van der Waals surface area contributed by atoms with Crippen molar-refractivity contribution >= 4 is 33.4 Å². The van der Waals surface area contributed by atoms with Gasteiger partial charge in [0.1, 0.15) is 23.9 Å². The molecule has 0 atom stereocenters. The number of sulfonamides is 1. The number of furan rings is 1. The van der Waals surface area contributed by atoms with Crippen molar-refractivity contribution in [2.45, 2.75) is 24.0 Å². The van der Waals surface area contributed by atoms with E-state index in [1.807, 2.05) is 19.1 Å². The minimum absolute atomic E-state index is 0.00223. The maximum absolute atomic E-state index is 13.4. The zero-order chi connectivity index (χ0) is 24.4. The van der Waals surface area contributed by atoms with Crippen molar-refractivity contribution in [1.82, 2.24) is 5.32 Å². The van der Waals surface area contributed by atoms with Gasteiger partial charge in [-0.15, -0.1) is 0 Å². The maximum atomic E-state index is 13.4. The summed E-state index contributed by atoms with van der Waals surface area (Å²) in [4.78, 5) is 12.6. The predicted octanol–water partition coefficient (Wildman–Crippen LogP) is 4.45. The molecule has 2 aromatic carbocycles. The van der Waals surface area contributed by atoms with Gasteiger partial charge in [0, 0.05) is 6.54 Å². The first-order chi connectivity index (χ1) is 16.4. The normalized spacial score (nSPS) is 11.2. The lowest BCUT2D eigenvalue weighted by Gasteiger charge is -2.24. The molecule has 0 aliphatic rings. The van der Waals surface area contributed by atoms with E-state index in [0.29, 0.717) is 18.9 Å². The summed E-state index contributed by atoms with van der Waals surface area (Å²) >= 11 is 1.68. The second-order valence-electron chi connectivity index (χ2n) is 7.23. The first-order valence-corrected chi connectivity index (χ1v) is 13.4. The van der Waals surface area contributed by atoms with E-state index in [-0.39, 0.29) is 10.6 Å². The average molecular weight is 507 g/mol. The topological polar surface area (TPSA) is 88.9 Å². The van der Waals surface area contributed by atoms with Crippen molar-refractivity contribution in [1.29, 1.82) is 0 Å². The number of anilines is 1. The van der Waals surface area contributed by atoms with Gasteiger partial charge in [-0.2, -0.15) is 11.8 Å². The Bertz CT molecular complexity index is 1140. The number of amides is 1. The molecule has 1 N–H and O–H groups in total. The standard InChI is InChI=1S/C24H27FN2O5S2/c1-2-31-21-10-12-23(13-11-21)34(29,30)27(20-8-6-19(25)7-9-20)17-24(28)26-14-4-16-33-18-22-5-3-15-32-22/h3,5-13,15H,2,4,14,16-18H2,1H3,(H,26,28). The number of thioether (sulfide) groups is 1. The van der Waals surface area contributed by atoms with Crippen LogP contribution in [0, 0.1) is 5.82 Å². The molecule has 182 valence electrons. The zero-order valence-corrected chi connectivity index (χ0v) is 20.4. The van der Waals surface area contributed by atoms with Crippen molar-refractivity contribution in [2.75, 3.05) is 29.8 Å². The largest absolute Gasteiger partial charge is 0.494 e. The van der Waals surface area contributed by atoms with E-state index >= 15 is 0 Å². The quantitative estimate of drug-likeness (QED) is 0.345. The molecule has 0 saturated carbocycles. The number of benzene rings is 2. The maximum Gasteiger partial charge on any atom is 0.264 e. The van der Waals surface area contributed by atoms with Crippen LogP contribution in [0.5, 0.6) is 5.75 Å². The Hall–Kier alpha value is -2.98. The average Bonchev–Trinajstić information content (AvgIpc) is 3.34. The second kappa shape index (κ2) is 12.5. The summed E-state index contributed by atoms with van der Waals surface area (Å²) in [7, 11) is -4.08. The Labute approximate surface area is 203 Å². The van der Waals surface area contributed by atoms with Crippen molar-refractivity contribution < 1.29 is 26.8 Å². The van der Waals surface area contributed by atoms with Crippen LogP contribution in [-0.2, 0) is 20.6 Å². The number of rotatable bonds is 13. The van der Waals surface area contributed by atoms with Crippen LogP contribution in [0.15, 0.2) is 76.2 Å². The molecule has 1 heterocycles. The molecule has 3 aromatic rings. The fourth-order valence-corrected chi connectivity index (χ4v) is 5.36. The summed E-state index contributed by atoms with van der Waals surface area (Å²) < 4.78 is 51.8. The van der Waals surface area contributed by atoms with Crippen molar-refractivity contribution in [3.8, 4) is 5.75 Å². The monoisotopic (exact) mass is 506 g/mol. The van der Waals surface area contributed by atoms with Gasteiger partial charge < -0.3 is 14.5 Å².